The lowest BCUT2D eigenvalue weighted by Crippen LogP contribution is -2.23. The van der Waals surface area contributed by atoms with E-state index in [1.54, 1.807) is 30.3 Å². The van der Waals surface area contributed by atoms with Crippen LogP contribution in [0.15, 0.2) is 65.2 Å². The van der Waals surface area contributed by atoms with Crippen LogP contribution in [0.3, 0.4) is 0 Å². The number of esters is 1. The summed E-state index contributed by atoms with van der Waals surface area (Å²) >= 11 is 0. The van der Waals surface area contributed by atoms with Crippen molar-refractivity contribution in [1.82, 2.24) is 10.5 Å². The molecule has 126 valence electrons. The van der Waals surface area contributed by atoms with E-state index < -0.39 is 5.97 Å². The lowest BCUT2D eigenvalue weighted by Gasteiger charge is -2.04. The molecule has 0 radical (unpaired) electrons. The molecule has 25 heavy (non-hydrogen) atoms. The molecule has 0 saturated carbocycles. The first-order valence-corrected chi connectivity index (χ1v) is 7.65. The van der Waals surface area contributed by atoms with Gasteiger partial charge in [0.2, 0.25) is 0 Å². The highest BCUT2D eigenvalue weighted by atomic mass is 16.5. The summed E-state index contributed by atoms with van der Waals surface area (Å²) in [6, 6.07) is 17.8. The summed E-state index contributed by atoms with van der Waals surface area (Å²) in [4.78, 5) is 23.6. The highest BCUT2D eigenvalue weighted by Gasteiger charge is 2.13. The van der Waals surface area contributed by atoms with Gasteiger partial charge in [-0.1, -0.05) is 47.6 Å². The zero-order valence-electron chi connectivity index (χ0n) is 13.6. The standard InChI is InChI=1S/C19H16N2O4/c1-24-19(23)15-9-7-13(8-10-15)12-20-18(22)16-11-17(25-21-16)14-5-3-2-4-6-14/h2-11H,12H2,1H3,(H,20,22). The summed E-state index contributed by atoms with van der Waals surface area (Å²) in [7, 11) is 1.33. The molecule has 0 unspecified atom stereocenters. The molecule has 0 bridgehead atoms. The Morgan fingerprint density at radius 1 is 1.08 bits per heavy atom. The second-order valence-corrected chi connectivity index (χ2v) is 5.31. The van der Waals surface area contributed by atoms with E-state index in [1.807, 2.05) is 30.3 Å². The molecule has 1 heterocycles. The quantitative estimate of drug-likeness (QED) is 0.724. The highest BCUT2D eigenvalue weighted by molar-refractivity contribution is 5.93. The Morgan fingerprint density at radius 2 is 1.80 bits per heavy atom. The number of carbonyl (C=O) groups excluding carboxylic acids is 2. The second kappa shape index (κ2) is 7.44. The summed E-state index contributed by atoms with van der Waals surface area (Å²) in [6.07, 6.45) is 0. The molecule has 0 aliphatic carbocycles. The summed E-state index contributed by atoms with van der Waals surface area (Å²) < 4.78 is 9.86. The van der Waals surface area contributed by atoms with E-state index >= 15 is 0 Å². The topological polar surface area (TPSA) is 81.4 Å². The highest BCUT2D eigenvalue weighted by Crippen LogP contribution is 2.19. The second-order valence-electron chi connectivity index (χ2n) is 5.31. The Morgan fingerprint density at radius 3 is 2.48 bits per heavy atom. The van der Waals surface area contributed by atoms with Crippen molar-refractivity contribution in [2.75, 3.05) is 7.11 Å². The molecule has 6 nitrogen and oxygen atoms in total. The lowest BCUT2D eigenvalue weighted by molar-refractivity contribution is 0.0600. The van der Waals surface area contributed by atoms with Crippen LogP contribution in [0.1, 0.15) is 26.4 Å². The molecule has 1 aromatic heterocycles. The number of hydrogen-bond donors (Lipinski definition) is 1. The SMILES string of the molecule is COC(=O)c1ccc(CNC(=O)c2cc(-c3ccccc3)on2)cc1. The van der Waals surface area contributed by atoms with Crippen LogP contribution in [-0.4, -0.2) is 24.1 Å². The maximum absolute atomic E-state index is 12.2. The molecule has 0 atom stereocenters. The minimum atomic E-state index is -0.397. The molecular weight excluding hydrogens is 320 g/mol. The van der Waals surface area contributed by atoms with Crippen LogP contribution in [0.4, 0.5) is 0 Å². The number of benzene rings is 2. The van der Waals surface area contributed by atoms with Crippen LogP contribution >= 0.6 is 0 Å². The molecule has 0 fully saturated rings. The molecule has 2 aromatic carbocycles. The van der Waals surface area contributed by atoms with Crippen LogP contribution < -0.4 is 5.32 Å². The Kier molecular flexibility index (Phi) is 4.89. The fourth-order valence-electron chi connectivity index (χ4n) is 2.27. The van der Waals surface area contributed by atoms with Gasteiger partial charge >= 0.3 is 5.97 Å². The first-order chi connectivity index (χ1) is 12.2. The Labute approximate surface area is 144 Å². The zero-order chi connectivity index (χ0) is 17.6. The van der Waals surface area contributed by atoms with E-state index in [-0.39, 0.29) is 11.6 Å². The molecule has 0 aliphatic rings. The minimum Gasteiger partial charge on any atom is -0.465 e. The van der Waals surface area contributed by atoms with E-state index in [9.17, 15) is 9.59 Å². The largest absolute Gasteiger partial charge is 0.465 e. The number of aromatic nitrogens is 1. The van der Waals surface area contributed by atoms with Gasteiger partial charge in [-0.05, 0) is 17.7 Å². The first-order valence-electron chi connectivity index (χ1n) is 7.65. The maximum Gasteiger partial charge on any atom is 0.337 e. The monoisotopic (exact) mass is 336 g/mol. The lowest BCUT2D eigenvalue weighted by atomic mass is 10.1. The van der Waals surface area contributed by atoms with Crippen molar-refractivity contribution in [3.63, 3.8) is 0 Å². The average Bonchev–Trinajstić information content (AvgIpc) is 3.17. The molecule has 6 heteroatoms. The number of ether oxygens (including phenoxy) is 1. The zero-order valence-corrected chi connectivity index (χ0v) is 13.6. The first kappa shape index (κ1) is 16.4. The van der Waals surface area contributed by atoms with E-state index in [0.717, 1.165) is 11.1 Å². The van der Waals surface area contributed by atoms with Crippen molar-refractivity contribution >= 4 is 11.9 Å². The molecule has 3 rings (SSSR count). The fourth-order valence-corrected chi connectivity index (χ4v) is 2.27. The molecule has 0 saturated heterocycles. The van der Waals surface area contributed by atoms with Crippen LogP contribution in [0, 0.1) is 0 Å². The summed E-state index contributed by atoms with van der Waals surface area (Å²) in [5.41, 5.74) is 2.38. The van der Waals surface area contributed by atoms with Crippen LogP contribution in [-0.2, 0) is 11.3 Å². The van der Waals surface area contributed by atoms with Gasteiger partial charge < -0.3 is 14.6 Å². The van der Waals surface area contributed by atoms with Gasteiger partial charge in [-0.15, -0.1) is 0 Å². The van der Waals surface area contributed by atoms with Crippen molar-refractivity contribution in [2.45, 2.75) is 6.54 Å². The molecule has 0 spiro atoms. The van der Waals surface area contributed by atoms with Crippen molar-refractivity contribution in [3.8, 4) is 11.3 Å². The van der Waals surface area contributed by atoms with Crippen LogP contribution in [0.25, 0.3) is 11.3 Å². The molecule has 0 aliphatic heterocycles. The van der Waals surface area contributed by atoms with Gasteiger partial charge in [0, 0.05) is 18.2 Å². The maximum atomic E-state index is 12.2. The Bertz CT molecular complexity index is 870. The summed E-state index contributed by atoms with van der Waals surface area (Å²) in [6.45, 7) is 0.313. The van der Waals surface area contributed by atoms with Crippen LogP contribution in [0.5, 0.6) is 0 Å². The number of nitrogens with zero attached hydrogens (tertiary/aromatic N) is 1. The Hall–Kier alpha value is -3.41. The van der Waals surface area contributed by atoms with E-state index in [1.165, 1.54) is 7.11 Å². The number of hydrogen-bond acceptors (Lipinski definition) is 5. The summed E-state index contributed by atoms with van der Waals surface area (Å²) in [5.74, 6) is -0.192. The van der Waals surface area contributed by atoms with E-state index in [2.05, 4.69) is 15.2 Å². The molecule has 1 amide bonds. The third-order valence-corrected chi connectivity index (χ3v) is 3.63. The predicted octanol–water partition coefficient (Wildman–Crippen LogP) is 3.06. The molecule has 3 aromatic rings. The number of nitrogens with one attached hydrogen (secondary N) is 1. The normalized spacial score (nSPS) is 10.3. The number of rotatable bonds is 5. The average molecular weight is 336 g/mol. The molecular formula is C19H16N2O4. The third kappa shape index (κ3) is 3.92. The number of amides is 1. The summed E-state index contributed by atoms with van der Waals surface area (Å²) in [5, 5.41) is 6.57. The van der Waals surface area contributed by atoms with Crippen LogP contribution in [0.2, 0.25) is 0 Å². The Balaban J connectivity index is 1.61. The van der Waals surface area contributed by atoms with Crippen molar-refractivity contribution in [2.24, 2.45) is 0 Å². The third-order valence-electron chi connectivity index (χ3n) is 3.63. The number of methoxy groups -OCH3 is 1. The number of carbonyl (C=O) groups is 2. The van der Waals surface area contributed by atoms with Crippen molar-refractivity contribution in [1.29, 1.82) is 0 Å². The van der Waals surface area contributed by atoms with Gasteiger partial charge in [0.15, 0.2) is 11.5 Å². The van der Waals surface area contributed by atoms with Gasteiger partial charge in [0.25, 0.3) is 5.91 Å². The van der Waals surface area contributed by atoms with Gasteiger partial charge in [-0.2, -0.15) is 0 Å². The van der Waals surface area contributed by atoms with Gasteiger partial charge in [-0.25, -0.2) is 4.79 Å². The van der Waals surface area contributed by atoms with Gasteiger partial charge in [0.05, 0.1) is 12.7 Å². The van der Waals surface area contributed by atoms with Gasteiger partial charge in [-0.3, -0.25) is 4.79 Å². The predicted molar refractivity (Wildman–Crippen MR) is 90.9 cm³/mol. The smallest absolute Gasteiger partial charge is 0.337 e. The van der Waals surface area contributed by atoms with E-state index in [4.69, 9.17) is 4.52 Å². The van der Waals surface area contributed by atoms with Crippen molar-refractivity contribution in [3.05, 3.63) is 77.5 Å². The minimum absolute atomic E-state index is 0.213. The molecule has 1 N–H and O–H groups in total. The van der Waals surface area contributed by atoms with E-state index in [0.29, 0.717) is 17.9 Å². The van der Waals surface area contributed by atoms with Gasteiger partial charge in [0.1, 0.15) is 0 Å². The fraction of sp³-hybridized carbons (Fsp3) is 0.105. The van der Waals surface area contributed by atoms with Crippen molar-refractivity contribution < 1.29 is 18.8 Å².